The molecule has 0 aliphatic carbocycles. The number of aromatic nitrogens is 1. The van der Waals surface area contributed by atoms with Gasteiger partial charge >= 0.3 is 0 Å². The number of hydrogen-bond acceptors (Lipinski definition) is 3. The van der Waals surface area contributed by atoms with Gasteiger partial charge in [0.1, 0.15) is 5.82 Å². The van der Waals surface area contributed by atoms with Crippen molar-refractivity contribution in [3.05, 3.63) is 65.7 Å². The topological polar surface area (TPSA) is 45.2 Å². The van der Waals surface area contributed by atoms with Gasteiger partial charge in [0.2, 0.25) is 0 Å². The van der Waals surface area contributed by atoms with E-state index in [4.69, 9.17) is 0 Å². The third-order valence-electron chi connectivity index (χ3n) is 4.13. The molecule has 1 amide bonds. The van der Waals surface area contributed by atoms with E-state index in [0.29, 0.717) is 19.0 Å². The third-order valence-corrected chi connectivity index (χ3v) is 4.13. The Hall–Kier alpha value is -1.98. The smallest absolute Gasteiger partial charge is 0.257 e. The number of halogens is 2. The summed E-state index contributed by atoms with van der Waals surface area (Å²) in [5.41, 5.74) is 1.07. The summed E-state index contributed by atoms with van der Waals surface area (Å²) < 4.78 is 14.0. The van der Waals surface area contributed by atoms with E-state index < -0.39 is 5.82 Å². The van der Waals surface area contributed by atoms with Gasteiger partial charge in [-0.3, -0.25) is 9.78 Å². The van der Waals surface area contributed by atoms with Crippen molar-refractivity contribution in [3.63, 3.8) is 0 Å². The number of pyridine rings is 1. The molecule has 1 atom stereocenters. The first-order chi connectivity index (χ1) is 11.2. The predicted molar refractivity (Wildman–Crippen MR) is 93.6 cm³/mol. The monoisotopic (exact) mass is 349 g/mol. The fourth-order valence-corrected chi connectivity index (χ4v) is 2.92. The Labute approximate surface area is 147 Å². The highest BCUT2D eigenvalue weighted by atomic mass is 35.5. The molecule has 3 rings (SSSR count). The highest BCUT2D eigenvalue weighted by Gasteiger charge is 2.24. The lowest BCUT2D eigenvalue weighted by Gasteiger charge is -2.26. The Kier molecular flexibility index (Phi) is 6.70. The summed E-state index contributed by atoms with van der Waals surface area (Å²) in [6.07, 6.45) is 4.48. The predicted octanol–water partition coefficient (Wildman–Crippen LogP) is 2.89. The van der Waals surface area contributed by atoms with E-state index >= 15 is 0 Å². The van der Waals surface area contributed by atoms with Gasteiger partial charge in [-0.15, -0.1) is 12.4 Å². The molecule has 1 aromatic carbocycles. The molecule has 1 saturated heterocycles. The zero-order chi connectivity index (χ0) is 16.1. The van der Waals surface area contributed by atoms with Crippen LogP contribution in [0.2, 0.25) is 0 Å². The van der Waals surface area contributed by atoms with Gasteiger partial charge in [0.25, 0.3) is 5.91 Å². The Morgan fingerprint density at radius 1 is 1.29 bits per heavy atom. The van der Waals surface area contributed by atoms with Crippen LogP contribution in [0.5, 0.6) is 0 Å². The number of hydrogen-bond donors (Lipinski definition) is 1. The lowest BCUT2D eigenvalue weighted by molar-refractivity contribution is 0.0713. The summed E-state index contributed by atoms with van der Waals surface area (Å²) in [5, 5.41) is 3.31. The molecular weight excluding hydrogens is 329 g/mol. The maximum Gasteiger partial charge on any atom is 0.257 e. The van der Waals surface area contributed by atoms with Crippen molar-refractivity contribution in [1.82, 2.24) is 15.2 Å². The molecule has 1 N–H and O–H groups in total. The van der Waals surface area contributed by atoms with E-state index in [0.717, 1.165) is 25.1 Å². The minimum Gasteiger partial charge on any atom is -0.334 e. The van der Waals surface area contributed by atoms with Gasteiger partial charge in [-0.05, 0) is 49.2 Å². The Morgan fingerprint density at radius 2 is 2.12 bits per heavy atom. The molecule has 0 spiro atoms. The second kappa shape index (κ2) is 8.76. The summed E-state index contributed by atoms with van der Waals surface area (Å²) >= 11 is 0. The second-order valence-corrected chi connectivity index (χ2v) is 5.89. The zero-order valence-corrected chi connectivity index (χ0v) is 14.1. The molecule has 128 valence electrons. The highest BCUT2D eigenvalue weighted by molar-refractivity contribution is 5.94. The lowest BCUT2D eigenvalue weighted by Crippen LogP contribution is -2.36. The quantitative estimate of drug-likeness (QED) is 0.902. The normalized spacial score (nSPS) is 16.5. The molecule has 1 aliphatic rings. The van der Waals surface area contributed by atoms with Gasteiger partial charge in [0.15, 0.2) is 0 Å². The molecule has 2 heterocycles. The van der Waals surface area contributed by atoms with E-state index in [1.807, 2.05) is 12.1 Å². The number of carbonyl (C=O) groups is 1. The second-order valence-electron chi connectivity index (χ2n) is 5.89. The van der Waals surface area contributed by atoms with Gasteiger partial charge in [0, 0.05) is 25.5 Å². The van der Waals surface area contributed by atoms with Crippen LogP contribution >= 0.6 is 12.4 Å². The number of nitrogens with one attached hydrogen (secondary N) is 1. The molecule has 0 saturated carbocycles. The first-order valence-electron chi connectivity index (χ1n) is 7.87. The summed E-state index contributed by atoms with van der Waals surface area (Å²) in [6, 6.07) is 9.93. The van der Waals surface area contributed by atoms with Crippen molar-refractivity contribution in [2.45, 2.75) is 13.0 Å². The molecule has 2 aromatic rings. The van der Waals surface area contributed by atoms with Crippen LogP contribution in [0.4, 0.5) is 4.39 Å². The van der Waals surface area contributed by atoms with Crippen LogP contribution in [0.1, 0.15) is 22.3 Å². The molecular formula is C18H21ClFN3O. The van der Waals surface area contributed by atoms with Crippen LogP contribution in [0.15, 0.2) is 48.8 Å². The number of benzene rings is 1. The minimum absolute atomic E-state index is 0. The largest absolute Gasteiger partial charge is 0.334 e. The molecule has 1 aliphatic heterocycles. The first-order valence-corrected chi connectivity index (χ1v) is 7.87. The van der Waals surface area contributed by atoms with Crippen molar-refractivity contribution in [1.29, 1.82) is 0 Å². The Balaban J connectivity index is 0.00000208. The number of amides is 1. The van der Waals surface area contributed by atoms with Crippen molar-refractivity contribution in [2.75, 3.05) is 19.6 Å². The van der Waals surface area contributed by atoms with Crippen LogP contribution in [-0.4, -0.2) is 35.4 Å². The van der Waals surface area contributed by atoms with Crippen molar-refractivity contribution in [2.24, 2.45) is 5.92 Å². The fourth-order valence-electron chi connectivity index (χ4n) is 2.92. The highest BCUT2D eigenvalue weighted by Crippen LogP contribution is 2.17. The molecule has 6 heteroatoms. The lowest BCUT2D eigenvalue weighted by atomic mass is 10.1. The summed E-state index contributed by atoms with van der Waals surface area (Å²) in [7, 11) is 0. The van der Waals surface area contributed by atoms with Gasteiger partial charge in [0.05, 0.1) is 5.56 Å². The molecule has 1 fully saturated rings. The maximum atomic E-state index is 14.0. The summed E-state index contributed by atoms with van der Waals surface area (Å²) in [4.78, 5) is 18.6. The van der Waals surface area contributed by atoms with Crippen LogP contribution in [0, 0.1) is 11.7 Å². The molecule has 4 nitrogen and oxygen atoms in total. The Bertz CT molecular complexity index is 662. The number of carbonyl (C=O) groups excluding carboxylic acids is 1. The first kappa shape index (κ1) is 18.4. The molecule has 0 bridgehead atoms. The summed E-state index contributed by atoms with van der Waals surface area (Å²) in [5.74, 6) is -0.334. The number of nitrogens with zero attached hydrogens (tertiary/aromatic N) is 2. The van der Waals surface area contributed by atoms with E-state index in [1.54, 1.807) is 35.5 Å². The fraction of sp³-hybridized carbons (Fsp3) is 0.333. The number of rotatable bonds is 5. The standard InChI is InChI=1S/C18H20FN3O.ClH/c19-17-6-2-1-5-16(17)18(23)22(13-15-7-9-21-11-15)12-14-4-3-8-20-10-14;/h1-6,8,10,15,21H,7,9,11-13H2;1H. The average molecular weight is 350 g/mol. The minimum atomic E-state index is -0.474. The van der Waals surface area contributed by atoms with Gasteiger partial charge in [-0.2, -0.15) is 0 Å². The Morgan fingerprint density at radius 3 is 2.79 bits per heavy atom. The van der Waals surface area contributed by atoms with Crippen molar-refractivity contribution in [3.8, 4) is 0 Å². The molecule has 0 radical (unpaired) electrons. The summed E-state index contributed by atoms with van der Waals surface area (Å²) in [6.45, 7) is 2.93. The van der Waals surface area contributed by atoms with Gasteiger partial charge in [-0.25, -0.2) is 4.39 Å². The van der Waals surface area contributed by atoms with Crippen molar-refractivity contribution < 1.29 is 9.18 Å². The van der Waals surface area contributed by atoms with Crippen LogP contribution in [0.25, 0.3) is 0 Å². The van der Waals surface area contributed by atoms with Crippen LogP contribution in [-0.2, 0) is 6.54 Å². The van der Waals surface area contributed by atoms with E-state index in [1.165, 1.54) is 6.07 Å². The van der Waals surface area contributed by atoms with E-state index in [2.05, 4.69) is 10.3 Å². The van der Waals surface area contributed by atoms with E-state index in [-0.39, 0.29) is 23.9 Å². The van der Waals surface area contributed by atoms with E-state index in [9.17, 15) is 9.18 Å². The maximum absolute atomic E-state index is 14.0. The third kappa shape index (κ3) is 4.52. The SMILES string of the molecule is Cl.O=C(c1ccccc1F)N(Cc1cccnc1)CC1CCNC1. The van der Waals surface area contributed by atoms with Crippen molar-refractivity contribution >= 4 is 18.3 Å². The van der Waals surface area contributed by atoms with Crippen LogP contribution in [0.3, 0.4) is 0 Å². The molecule has 1 unspecified atom stereocenters. The zero-order valence-electron chi connectivity index (χ0n) is 13.3. The van der Waals surface area contributed by atoms with Gasteiger partial charge in [-0.1, -0.05) is 18.2 Å². The van der Waals surface area contributed by atoms with Crippen LogP contribution < -0.4 is 5.32 Å². The van der Waals surface area contributed by atoms with Gasteiger partial charge < -0.3 is 10.2 Å². The molecule has 24 heavy (non-hydrogen) atoms. The average Bonchev–Trinajstić information content (AvgIpc) is 3.08. The molecule has 1 aromatic heterocycles.